The maximum Gasteiger partial charge on any atom is 0.182 e. The average molecular weight is 380 g/mol. The molecule has 0 saturated carbocycles. The summed E-state index contributed by atoms with van der Waals surface area (Å²) < 4.78 is 18.0. The van der Waals surface area contributed by atoms with E-state index in [0.717, 1.165) is 28.5 Å². The van der Waals surface area contributed by atoms with Crippen LogP contribution in [-0.4, -0.2) is 34.7 Å². The van der Waals surface area contributed by atoms with Gasteiger partial charge in [0.1, 0.15) is 5.69 Å². The third kappa shape index (κ3) is 2.75. The van der Waals surface area contributed by atoms with Gasteiger partial charge in [0, 0.05) is 30.2 Å². The first-order valence-electron chi connectivity index (χ1n) is 8.97. The quantitative estimate of drug-likeness (QED) is 0.554. The Morgan fingerprint density at radius 1 is 1.36 bits per heavy atom. The zero-order valence-electron chi connectivity index (χ0n) is 16.0. The molecule has 0 spiro atoms. The van der Waals surface area contributed by atoms with Crippen LogP contribution in [0.4, 0.5) is 4.39 Å². The third-order valence-corrected chi connectivity index (χ3v) is 4.68. The molecular weight excluding hydrogens is 359 g/mol. The van der Waals surface area contributed by atoms with Crippen LogP contribution in [0.2, 0.25) is 0 Å². The second kappa shape index (κ2) is 6.59. The highest BCUT2D eigenvalue weighted by Gasteiger charge is 2.21. The molecule has 28 heavy (non-hydrogen) atoms. The van der Waals surface area contributed by atoms with Crippen molar-refractivity contribution in [2.24, 2.45) is 12.8 Å². The molecule has 9 heteroatoms. The first kappa shape index (κ1) is 17.9. The van der Waals surface area contributed by atoms with Crippen molar-refractivity contribution in [3.8, 4) is 22.9 Å². The van der Waals surface area contributed by atoms with E-state index in [1.165, 1.54) is 0 Å². The first-order valence-corrected chi connectivity index (χ1v) is 8.97. The van der Waals surface area contributed by atoms with Crippen LogP contribution in [0, 0.1) is 12.7 Å². The molecule has 3 N–H and O–H groups in total. The van der Waals surface area contributed by atoms with Gasteiger partial charge in [-0.2, -0.15) is 15.3 Å². The summed E-state index contributed by atoms with van der Waals surface area (Å²) in [6.07, 6.45) is 2.57. The molecule has 3 aromatic heterocycles. The minimum Gasteiger partial charge on any atom is -0.399 e. The molecule has 0 aliphatic carbocycles. The molecule has 4 aromatic rings. The fraction of sp³-hybridized carbons (Fsp3) is 0.263. The van der Waals surface area contributed by atoms with Crippen molar-refractivity contribution in [1.29, 1.82) is 0 Å². The number of rotatable bonds is 5. The molecule has 4 rings (SSSR count). The molecule has 0 atom stereocenters. The SMILES string of the molecule is C=C(N)c1cc(-c2n[nH]c(-c3c(F)c(C)nn3CCC)n2)c2cnn(C)c2c1. The standard InChI is InChI=1S/C19H21FN8/c1-5-6-28-17(16(20)11(3)26-28)19-23-18(24-25-19)13-7-12(10(2)21)8-15-14(13)9-22-27(15)4/h7-9H,2,5-6,21H2,1,3-4H3,(H,23,24,25). The first-order chi connectivity index (χ1) is 13.4. The zero-order valence-corrected chi connectivity index (χ0v) is 16.0. The molecule has 3 heterocycles. The van der Waals surface area contributed by atoms with Gasteiger partial charge in [-0.05, 0) is 31.0 Å². The Morgan fingerprint density at radius 2 is 2.14 bits per heavy atom. The van der Waals surface area contributed by atoms with Gasteiger partial charge in [-0.3, -0.25) is 14.5 Å². The molecule has 0 saturated heterocycles. The average Bonchev–Trinajstić information content (AvgIpc) is 3.34. The number of aromatic nitrogens is 7. The predicted octanol–water partition coefficient (Wildman–Crippen LogP) is 3.01. The van der Waals surface area contributed by atoms with Crippen LogP contribution in [0.15, 0.2) is 24.9 Å². The van der Waals surface area contributed by atoms with Gasteiger partial charge in [-0.1, -0.05) is 13.5 Å². The summed E-state index contributed by atoms with van der Waals surface area (Å²) >= 11 is 0. The number of aromatic amines is 1. The Hall–Kier alpha value is -3.49. The van der Waals surface area contributed by atoms with Gasteiger partial charge in [-0.25, -0.2) is 9.37 Å². The maximum absolute atomic E-state index is 14.7. The van der Waals surface area contributed by atoms with Gasteiger partial charge < -0.3 is 5.73 Å². The second-order valence-electron chi connectivity index (χ2n) is 6.73. The minimum absolute atomic E-state index is 0.305. The van der Waals surface area contributed by atoms with Gasteiger partial charge in [0.25, 0.3) is 0 Å². The van der Waals surface area contributed by atoms with E-state index < -0.39 is 5.82 Å². The Bertz CT molecular complexity index is 1200. The molecule has 0 fully saturated rings. The molecule has 0 aliphatic rings. The van der Waals surface area contributed by atoms with Crippen LogP contribution in [0.25, 0.3) is 39.5 Å². The summed E-state index contributed by atoms with van der Waals surface area (Å²) in [6, 6.07) is 3.78. The van der Waals surface area contributed by atoms with Crippen molar-refractivity contribution in [1.82, 2.24) is 34.7 Å². The van der Waals surface area contributed by atoms with E-state index in [0.29, 0.717) is 35.3 Å². The van der Waals surface area contributed by atoms with Crippen molar-refractivity contribution in [3.05, 3.63) is 42.0 Å². The number of nitrogens with two attached hydrogens (primary N) is 1. The molecular formula is C19H21FN8. The number of halogens is 1. The Kier molecular flexibility index (Phi) is 4.21. The highest BCUT2D eigenvalue weighted by Crippen LogP contribution is 2.31. The molecule has 0 unspecified atom stereocenters. The normalized spacial score (nSPS) is 11.4. The van der Waals surface area contributed by atoms with Crippen molar-refractivity contribution < 1.29 is 4.39 Å². The van der Waals surface area contributed by atoms with Crippen LogP contribution < -0.4 is 5.73 Å². The monoisotopic (exact) mass is 380 g/mol. The summed E-state index contributed by atoms with van der Waals surface area (Å²) in [4.78, 5) is 4.55. The predicted molar refractivity (Wildman–Crippen MR) is 106 cm³/mol. The van der Waals surface area contributed by atoms with Gasteiger partial charge >= 0.3 is 0 Å². The number of hydrogen-bond donors (Lipinski definition) is 2. The summed E-state index contributed by atoms with van der Waals surface area (Å²) in [5, 5.41) is 16.6. The van der Waals surface area contributed by atoms with E-state index in [-0.39, 0.29) is 0 Å². The summed E-state index contributed by atoms with van der Waals surface area (Å²) in [5.74, 6) is 0.361. The van der Waals surface area contributed by atoms with Gasteiger partial charge in [-0.15, -0.1) is 0 Å². The minimum atomic E-state index is -0.397. The van der Waals surface area contributed by atoms with Crippen LogP contribution in [-0.2, 0) is 13.6 Å². The highest BCUT2D eigenvalue weighted by atomic mass is 19.1. The zero-order chi connectivity index (χ0) is 20.0. The molecule has 144 valence electrons. The van der Waals surface area contributed by atoms with E-state index >= 15 is 0 Å². The smallest absolute Gasteiger partial charge is 0.182 e. The number of nitrogens with zero attached hydrogens (tertiary/aromatic N) is 6. The topological polar surface area (TPSA) is 103 Å². The molecule has 0 aliphatic heterocycles. The lowest BCUT2D eigenvalue weighted by atomic mass is 10.0. The lowest BCUT2D eigenvalue weighted by molar-refractivity contribution is 0.594. The highest BCUT2D eigenvalue weighted by molar-refractivity contribution is 5.95. The van der Waals surface area contributed by atoms with Gasteiger partial charge in [0.15, 0.2) is 17.5 Å². The molecule has 1 aromatic carbocycles. The lowest BCUT2D eigenvalue weighted by Crippen LogP contribution is -2.03. The Balaban J connectivity index is 1.88. The number of benzene rings is 1. The van der Waals surface area contributed by atoms with Crippen molar-refractivity contribution >= 4 is 16.6 Å². The number of fused-ring (bicyclic) bond motifs is 1. The van der Waals surface area contributed by atoms with E-state index in [9.17, 15) is 4.39 Å². The number of hydrogen-bond acceptors (Lipinski definition) is 5. The summed E-state index contributed by atoms with van der Waals surface area (Å²) in [5.41, 5.74) is 9.36. The second-order valence-corrected chi connectivity index (χ2v) is 6.73. The van der Waals surface area contributed by atoms with Crippen LogP contribution >= 0.6 is 0 Å². The largest absolute Gasteiger partial charge is 0.399 e. The lowest BCUT2D eigenvalue weighted by Gasteiger charge is -2.05. The van der Waals surface area contributed by atoms with Gasteiger partial charge in [0.2, 0.25) is 0 Å². The summed E-state index contributed by atoms with van der Waals surface area (Å²) in [6.45, 7) is 8.05. The van der Waals surface area contributed by atoms with Crippen molar-refractivity contribution in [2.75, 3.05) is 0 Å². The van der Waals surface area contributed by atoms with E-state index in [1.54, 1.807) is 22.5 Å². The van der Waals surface area contributed by atoms with Crippen molar-refractivity contribution in [2.45, 2.75) is 26.8 Å². The Labute approximate surface area is 160 Å². The van der Waals surface area contributed by atoms with E-state index in [1.807, 2.05) is 26.1 Å². The summed E-state index contributed by atoms with van der Waals surface area (Å²) in [7, 11) is 1.85. The van der Waals surface area contributed by atoms with Gasteiger partial charge in [0.05, 0.1) is 17.4 Å². The van der Waals surface area contributed by atoms with Crippen LogP contribution in [0.1, 0.15) is 24.6 Å². The Morgan fingerprint density at radius 3 is 2.86 bits per heavy atom. The van der Waals surface area contributed by atoms with Crippen LogP contribution in [0.5, 0.6) is 0 Å². The maximum atomic E-state index is 14.7. The number of nitrogens with one attached hydrogen (secondary N) is 1. The molecule has 8 nitrogen and oxygen atoms in total. The molecule has 0 amide bonds. The molecule has 0 radical (unpaired) electrons. The van der Waals surface area contributed by atoms with Crippen molar-refractivity contribution in [3.63, 3.8) is 0 Å². The fourth-order valence-electron chi connectivity index (χ4n) is 3.27. The molecule has 0 bridgehead atoms. The fourth-order valence-corrected chi connectivity index (χ4v) is 3.27. The van der Waals surface area contributed by atoms with Crippen LogP contribution in [0.3, 0.4) is 0 Å². The number of aryl methyl sites for hydroxylation is 3. The van der Waals surface area contributed by atoms with E-state index in [2.05, 4.69) is 32.0 Å². The number of H-pyrrole nitrogens is 1. The third-order valence-electron chi connectivity index (χ3n) is 4.68. The van der Waals surface area contributed by atoms with E-state index in [4.69, 9.17) is 5.73 Å².